The molecule has 1 aromatic heterocycles. The van der Waals surface area contributed by atoms with Gasteiger partial charge in [-0.3, -0.25) is 0 Å². The quantitative estimate of drug-likeness (QED) is 0.152. The predicted octanol–water partition coefficient (Wildman–Crippen LogP) is 14.7. The van der Waals surface area contributed by atoms with E-state index in [9.17, 15) is 0 Å². The largest absolute Gasteiger partial charge is 0.313 e. The molecule has 0 saturated carbocycles. The van der Waals surface area contributed by atoms with Gasteiger partial charge < -0.3 is 9.47 Å². The van der Waals surface area contributed by atoms with Crippen LogP contribution in [-0.4, -0.2) is 4.57 Å². The third kappa shape index (κ3) is 6.32. The van der Waals surface area contributed by atoms with E-state index in [2.05, 4.69) is 228 Å². The summed E-state index contributed by atoms with van der Waals surface area (Å²) in [5.74, 6) is 0. The zero-order chi connectivity index (χ0) is 37.3. The van der Waals surface area contributed by atoms with Gasteiger partial charge in [-0.25, -0.2) is 0 Å². The van der Waals surface area contributed by atoms with Crippen LogP contribution in [0.3, 0.4) is 0 Å². The van der Waals surface area contributed by atoms with E-state index in [1.54, 1.807) is 0 Å². The lowest BCUT2D eigenvalue weighted by Crippen LogP contribution is -2.09. The fraction of sp³-hybridized carbons (Fsp3) is 0.0370. The number of nitrogens with zero attached hydrogens (tertiary/aromatic N) is 2. The third-order valence-electron chi connectivity index (χ3n) is 11.1. The van der Waals surface area contributed by atoms with Crippen molar-refractivity contribution in [3.05, 3.63) is 224 Å². The van der Waals surface area contributed by atoms with E-state index in [0.717, 1.165) is 29.9 Å². The van der Waals surface area contributed by atoms with Crippen LogP contribution >= 0.6 is 0 Å². The zero-order valence-electron chi connectivity index (χ0n) is 31.1. The van der Waals surface area contributed by atoms with Crippen LogP contribution in [0.15, 0.2) is 212 Å². The van der Waals surface area contributed by atoms with Crippen molar-refractivity contribution in [1.29, 1.82) is 0 Å². The van der Waals surface area contributed by atoms with Gasteiger partial charge in [-0.2, -0.15) is 0 Å². The van der Waals surface area contributed by atoms with Crippen molar-refractivity contribution in [3.8, 4) is 50.2 Å². The second-order valence-electron chi connectivity index (χ2n) is 14.5. The van der Waals surface area contributed by atoms with Crippen LogP contribution in [-0.2, 0) is 6.42 Å². The molecular formula is C54H40N2. The number of anilines is 3. The minimum Gasteiger partial charge on any atom is -0.313 e. The van der Waals surface area contributed by atoms with Crippen molar-refractivity contribution in [3.63, 3.8) is 0 Å². The number of para-hydroxylation sites is 1. The molecule has 0 aliphatic heterocycles. The van der Waals surface area contributed by atoms with Crippen molar-refractivity contribution in [2.45, 2.75) is 12.8 Å². The highest BCUT2D eigenvalue weighted by atomic mass is 15.1. The van der Waals surface area contributed by atoms with Crippen LogP contribution < -0.4 is 4.90 Å². The summed E-state index contributed by atoms with van der Waals surface area (Å²) in [5, 5.41) is 1.31. The Hall–Kier alpha value is -7.16. The molecule has 0 saturated heterocycles. The van der Waals surface area contributed by atoms with Gasteiger partial charge in [0.1, 0.15) is 0 Å². The third-order valence-corrected chi connectivity index (χ3v) is 11.1. The average Bonchev–Trinajstić information content (AvgIpc) is 3.62. The standard InChI is InChI=1S/C54H40N2/c1-4-12-39(13-5-1)42-24-31-48(32-25-42)55(49-33-26-43(27-34-49)40-14-6-2-7-15-40)50-35-28-44(29-36-50)41-20-22-45(23-21-41)46-30-37-54-52(38-46)51-18-10-11-19-53(51)56(54)47-16-8-3-9-17-47/h1-10,12-18,20-38H,11,19H2. The Morgan fingerprint density at radius 2 is 0.768 bits per heavy atom. The first kappa shape index (κ1) is 33.4. The van der Waals surface area contributed by atoms with E-state index in [1.165, 1.54) is 72.4 Å². The van der Waals surface area contributed by atoms with Crippen LogP contribution in [0.25, 0.3) is 67.2 Å². The molecule has 0 amide bonds. The van der Waals surface area contributed by atoms with E-state index < -0.39 is 0 Å². The molecule has 9 aromatic rings. The summed E-state index contributed by atoms with van der Waals surface area (Å²) in [4.78, 5) is 2.34. The van der Waals surface area contributed by atoms with Crippen LogP contribution in [0.2, 0.25) is 0 Å². The smallest absolute Gasteiger partial charge is 0.0538 e. The van der Waals surface area contributed by atoms with Crippen molar-refractivity contribution in [2.75, 3.05) is 4.90 Å². The molecule has 1 aliphatic rings. The molecule has 0 radical (unpaired) electrons. The van der Waals surface area contributed by atoms with E-state index in [0.29, 0.717) is 0 Å². The molecule has 10 rings (SSSR count). The summed E-state index contributed by atoms with van der Waals surface area (Å²) in [5.41, 5.74) is 18.2. The first-order chi connectivity index (χ1) is 27.8. The van der Waals surface area contributed by atoms with Gasteiger partial charge in [0.05, 0.1) is 5.52 Å². The van der Waals surface area contributed by atoms with E-state index >= 15 is 0 Å². The maximum atomic E-state index is 2.45. The topological polar surface area (TPSA) is 8.17 Å². The Morgan fingerprint density at radius 3 is 1.25 bits per heavy atom. The Morgan fingerprint density at radius 1 is 0.375 bits per heavy atom. The van der Waals surface area contributed by atoms with Crippen molar-refractivity contribution in [2.24, 2.45) is 0 Å². The average molecular weight is 717 g/mol. The maximum Gasteiger partial charge on any atom is 0.0538 e. The molecule has 8 aromatic carbocycles. The number of hydrogen-bond acceptors (Lipinski definition) is 1. The molecule has 0 unspecified atom stereocenters. The summed E-state index contributed by atoms with van der Waals surface area (Å²) in [7, 11) is 0. The van der Waals surface area contributed by atoms with E-state index in [1.807, 2.05) is 0 Å². The number of fused-ring (bicyclic) bond motifs is 3. The molecule has 0 atom stereocenters. The summed E-state index contributed by atoms with van der Waals surface area (Å²) in [6, 6.07) is 74.6. The number of benzene rings is 8. The second-order valence-corrected chi connectivity index (χ2v) is 14.5. The fourth-order valence-corrected chi connectivity index (χ4v) is 8.25. The number of allylic oxidation sites excluding steroid dienone is 1. The highest BCUT2D eigenvalue weighted by Crippen LogP contribution is 2.39. The van der Waals surface area contributed by atoms with Gasteiger partial charge in [0, 0.05) is 39.4 Å². The van der Waals surface area contributed by atoms with Crippen molar-refractivity contribution in [1.82, 2.24) is 4.57 Å². The Bertz CT molecular complexity index is 2700. The van der Waals surface area contributed by atoms with Gasteiger partial charge in [0.2, 0.25) is 0 Å². The Kier molecular flexibility index (Phi) is 8.70. The normalized spacial score (nSPS) is 12.1. The SMILES string of the molecule is C1=Cc2c(n(-c3ccccc3)c3ccc(-c4ccc(-c5ccc(N(c6ccc(-c7ccccc7)cc6)c6ccc(-c7ccccc7)cc6)cc5)cc4)cc23)CC1. The summed E-state index contributed by atoms with van der Waals surface area (Å²) in [6.45, 7) is 0. The fourth-order valence-electron chi connectivity index (χ4n) is 8.25. The van der Waals surface area contributed by atoms with Gasteiger partial charge in [0.25, 0.3) is 0 Å². The van der Waals surface area contributed by atoms with Crippen molar-refractivity contribution < 1.29 is 0 Å². The molecule has 266 valence electrons. The lowest BCUT2D eigenvalue weighted by atomic mass is 9.97. The first-order valence-electron chi connectivity index (χ1n) is 19.5. The molecule has 1 heterocycles. The van der Waals surface area contributed by atoms with Gasteiger partial charge in [-0.05, 0) is 118 Å². The van der Waals surface area contributed by atoms with Gasteiger partial charge >= 0.3 is 0 Å². The number of rotatable bonds is 8. The molecule has 56 heavy (non-hydrogen) atoms. The molecule has 2 heteroatoms. The highest BCUT2D eigenvalue weighted by Gasteiger charge is 2.19. The molecular weight excluding hydrogens is 677 g/mol. The second kappa shape index (κ2) is 14.6. The maximum absolute atomic E-state index is 2.45. The van der Waals surface area contributed by atoms with E-state index in [-0.39, 0.29) is 0 Å². The monoisotopic (exact) mass is 716 g/mol. The zero-order valence-corrected chi connectivity index (χ0v) is 31.1. The van der Waals surface area contributed by atoms with Gasteiger partial charge in [-0.15, -0.1) is 0 Å². The van der Waals surface area contributed by atoms with Crippen molar-refractivity contribution >= 4 is 34.0 Å². The molecule has 0 fully saturated rings. The lowest BCUT2D eigenvalue weighted by Gasteiger charge is -2.26. The number of aromatic nitrogens is 1. The van der Waals surface area contributed by atoms with Gasteiger partial charge in [-0.1, -0.05) is 158 Å². The van der Waals surface area contributed by atoms with Crippen LogP contribution in [0.1, 0.15) is 17.7 Å². The molecule has 0 N–H and O–H groups in total. The van der Waals surface area contributed by atoms with E-state index in [4.69, 9.17) is 0 Å². The Labute approximate surface area is 328 Å². The number of hydrogen-bond donors (Lipinski definition) is 0. The van der Waals surface area contributed by atoms with Crippen LogP contribution in [0.5, 0.6) is 0 Å². The minimum atomic E-state index is 1.05. The Balaban J connectivity index is 0.954. The molecule has 0 bridgehead atoms. The molecule has 0 spiro atoms. The van der Waals surface area contributed by atoms with Crippen LogP contribution in [0.4, 0.5) is 17.1 Å². The summed E-state index contributed by atoms with van der Waals surface area (Å²) in [6.07, 6.45) is 6.76. The molecule has 2 nitrogen and oxygen atoms in total. The molecule has 1 aliphatic carbocycles. The van der Waals surface area contributed by atoms with Gasteiger partial charge in [0.15, 0.2) is 0 Å². The summed E-state index contributed by atoms with van der Waals surface area (Å²) < 4.78 is 2.45. The first-order valence-corrected chi connectivity index (χ1v) is 19.5. The lowest BCUT2D eigenvalue weighted by molar-refractivity contribution is 0.888. The predicted molar refractivity (Wildman–Crippen MR) is 237 cm³/mol. The minimum absolute atomic E-state index is 1.05. The summed E-state index contributed by atoms with van der Waals surface area (Å²) >= 11 is 0. The highest BCUT2D eigenvalue weighted by molar-refractivity contribution is 5.96. The van der Waals surface area contributed by atoms with Crippen LogP contribution in [0, 0.1) is 0 Å².